The van der Waals surface area contributed by atoms with E-state index in [1.807, 2.05) is 6.92 Å². The molecule has 9 heteroatoms. The maximum Gasteiger partial charge on any atom is 0.264 e. The summed E-state index contributed by atoms with van der Waals surface area (Å²) < 4.78 is 27.2. The monoisotopic (exact) mass is 429 g/mol. The summed E-state index contributed by atoms with van der Waals surface area (Å²) in [5, 5.41) is -0.440. The van der Waals surface area contributed by atoms with E-state index in [1.165, 1.54) is 23.9 Å². The van der Waals surface area contributed by atoms with Gasteiger partial charge in [0.2, 0.25) is 11.1 Å². The molecule has 2 saturated carbocycles. The Bertz CT molecular complexity index is 855. The Kier molecular flexibility index (Phi) is 5.98. The zero-order valence-corrected chi connectivity index (χ0v) is 17.0. The largest absolute Gasteiger partial charge is 0.303 e. The number of aldehydes is 1. The van der Waals surface area contributed by atoms with Gasteiger partial charge in [-0.15, -0.1) is 11.8 Å². The first kappa shape index (κ1) is 20.4. The Labute approximate surface area is 167 Å². The number of sulfonamides is 1. The summed E-state index contributed by atoms with van der Waals surface area (Å²) in [6.07, 6.45) is 2.18. The second-order valence-corrected chi connectivity index (χ2v) is 10.5. The Hall–Kier alpha value is -1.38. The van der Waals surface area contributed by atoms with Crippen molar-refractivity contribution >= 4 is 50.8 Å². The van der Waals surface area contributed by atoms with Gasteiger partial charge in [0.05, 0.1) is 16.6 Å². The molecule has 0 aliphatic heterocycles. The molecule has 1 amide bonds. The van der Waals surface area contributed by atoms with Crippen LogP contribution in [0.5, 0.6) is 0 Å². The van der Waals surface area contributed by atoms with Gasteiger partial charge in [0.1, 0.15) is 6.29 Å². The number of carbonyl (C=O) groups excluding carboxylic acids is 3. The highest BCUT2D eigenvalue weighted by Crippen LogP contribution is 2.55. The fraction of sp³-hybridized carbons (Fsp3) is 0.500. The highest BCUT2D eigenvalue weighted by atomic mass is 35.5. The van der Waals surface area contributed by atoms with Gasteiger partial charge in [-0.05, 0) is 55.3 Å². The predicted octanol–water partition coefficient (Wildman–Crippen LogP) is 2.14. The molecule has 3 rings (SSSR count). The van der Waals surface area contributed by atoms with Crippen LogP contribution < -0.4 is 4.72 Å². The number of thioether (sulfide) groups is 1. The molecule has 0 radical (unpaired) electrons. The van der Waals surface area contributed by atoms with Crippen molar-refractivity contribution in [3.05, 3.63) is 29.8 Å². The van der Waals surface area contributed by atoms with Crippen LogP contribution in [0.3, 0.4) is 0 Å². The molecule has 5 atom stereocenters. The number of hydrogen-bond donors (Lipinski definition) is 1. The van der Waals surface area contributed by atoms with Crippen molar-refractivity contribution in [2.75, 3.05) is 5.75 Å². The van der Waals surface area contributed by atoms with E-state index < -0.39 is 33.0 Å². The van der Waals surface area contributed by atoms with Crippen molar-refractivity contribution < 1.29 is 22.8 Å². The molecule has 0 saturated heterocycles. The first-order valence-corrected chi connectivity index (χ1v) is 11.5. The molecule has 0 heterocycles. The van der Waals surface area contributed by atoms with Crippen LogP contribution in [0.4, 0.5) is 0 Å². The van der Waals surface area contributed by atoms with Crippen LogP contribution >= 0.6 is 23.4 Å². The van der Waals surface area contributed by atoms with Crippen molar-refractivity contribution in [2.24, 2.45) is 23.7 Å². The normalized spacial score (nSPS) is 29.5. The van der Waals surface area contributed by atoms with Crippen molar-refractivity contribution in [1.29, 1.82) is 0 Å². The summed E-state index contributed by atoms with van der Waals surface area (Å²) in [6.45, 7) is 1.84. The number of benzene rings is 1. The Morgan fingerprint density at radius 1 is 1.26 bits per heavy atom. The third kappa shape index (κ3) is 4.22. The van der Waals surface area contributed by atoms with E-state index in [1.54, 1.807) is 12.1 Å². The topological polar surface area (TPSA) is 97.4 Å². The first-order chi connectivity index (χ1) is 12.7. The molecule has 2 bridgehead atoms. The van der Waals surface area contributed by atoms with E-state index in [2.05, 4.69) is 4.72 Å². The molecule has 1 N–H and O–H groups in total. The molecule has 5 unspecified atom stereocenters. The van der Waals surface area contributed by atoms with Gasteiger partial charge in [-0.1, -0.05) is 17.7 Å². The molecule has 2 aliphatic carbocycles. The van der Waals surface area contributed by atoms with Crippen molar-refractivity contribution in [3.8, 4) is 0 Å². The molecule has 27 heavy (non-hydrogen) atoms. The molecular formula is C18H20ClNO5S2. The summed E-state index contributed by atoms with van der Waals surface area (Å²) in [5.74, 6) is -1.82. The number of fused-ring (bicyclic) bond motifs is 2. The maximum absolute atomic E-state index is 12.8. The fourth-order valence-electron chi connectivity index (χ4n) is 4.25. The second-order valence-electron chi connectivity index (χ2n) is 7.12. The van der Waals surface area contributed by atoms with Crippen molar-refractivity contribution in [3.63, 3.8) is 0 Å². The lowest BCUT2D eigenvalue weighted by molar-refractivity contribution is -0.129. The Balaban J connectivity index is 1.76. The average molecular weight is 430 g/mol. The molecule has 2 fully saturated rings. The van der Waals surface area contributed by atoms with Gasteiger partial charge >= 0.3 is 0 Å². The summed E-state index contributed by atoms with van der Waals surface area (Å²) in [5.41, 5.74) is 0.906. The maximum atomic E-state index is 12.8. The standard InChI is InChI=1S/C18H20ClNO5S2/c1-10-2-4-12(5-3-10)27(24,25)20-18(23)17-13-6-11(14(17)8-21)7-15(13)26-9-16(19)22/h2-5,8,11,13-15,17H,6-7,9H2,1H3,(H,20,23). The van der Waals surface area contributed by atoms with Gasteiger partial charge < -0.3 is 4.79 Å². The van der Waals surface area contributed by atoms with E-state index in [0.29, 0.717) is 6.42 Å². The Morgan fingerprint density at radius 3 is 2.52 bits per heavy atom. The number of nitrogens with one attached hydrogen (secondary N) is 1. The van der Waals surface area contributed by atoms with Gasteiger partial charge in [0, 0.05) is 11.2 Å². The minimum Gasteiger partial charge on any atom is -0.303 e. The number of halogens is 1. The minimum absolute atomic E-state index is 0.00548. The lowest BCUT2D eigenvalue weighted by atomic mass is 9.79. The number of rotatable bonds is 7. The zero-order valence-electron chi connectivity index (χ0n) is 14.6. The summed E-state index contributed by atoms with van der Waals surface area (Å²) in [7, 11) is -4.00. The minimum atomic E-state index is -4.00. The molecule has 6 nitrogen and oxygen atoms in total. The van der Waals surface area contributed by atoms with Gasteiger partial charge in [0.15, 0.2) is 0 Å². The van der Waals surface area contributed by atoms with E-state index in [-0.39, 0.29) is 27.7 Å². The first-order valence-electron chi connectivity index (χ1n) is 8.61. The molecule has 1 aromatic rings. The fourth-order valence-corrected chi connectivity index (χ4v) is 6.71. The van der Waals surface area contributed by atoms with E-state index in [0.717, 1.165) is 18.3 Å². The quantitative estimate of drug-likeness (QED) is 0.526. The van der Waals surface area contributed by atoms with Crippen LogP contribution in [0, 0.1) is 30.6 Å². The highest BCUT2D eigenvalue weighted by molar-refractivity contribution is 8.00. The number of hydrogen-bond acceptors (Lipinski definition) is 6. The smallest absolute Gasteiger partial charge is 0.264 e. The van der Waals surface area contributed by atoms with Gasteiger partial charge in [0.25, 0.3) is 10.0 Å². The third-order valence-electron chi connectivity index (χ3n) is 5.44. The van der Waals surface area contributed by atoms with Crippen molar-refractivity contribution in [2.45, 2.75) is 29.9 Å². The van der Waals surface area contributed by atoms with Crippen LogP contribution in [-0.2, 0) is 24.4 Å². The van der Waals surface area contributed by atoms with Gasteiger partial charge in [-0.3, -0.25) is 9.59 Å². The van der Waals surface area contributed by atoms with Crippen molar-refractivity contribution in [1.82, 2.24) is 4.72 Å². The molecule has 0 spiro atoms. The van der Waals surface area contributed by atoms with Gasteiger partial charge in [-0.25, -0.2) is 13.1 Å². The summed E-state index contributed by atoms with van der Waals surface area (Å²) >= 11 is 6.78. The molecule has 2 aliphatic rings. The van der Waals surface area contributed by atoms with Crippen LogP contribution in [0.1, 0.15) is 18.4 Å². The number of carbonyl (C=O) groups is 3. The molecule has 0 aromatic heterocycles. The lowest BCUT2D eigenvalue weighted by Gasteiger charge is -2.31. The van der Waals surface area contributed by atoms with E-state index in [9.17, 15) is 22.8 Å². The Morgan fingerprint density at radius 2 is 1.93 bits per heavy atom. The zero-order chi connectivity index (χ0) is 19.8. The summed E-state index contributed by atoms with van der Waals surface area (Å²) in [6, 6.07) is 6.18. The van der Waals surface area contributed by atoms with Crippen LogP contribution in [0.25, 0.3) is 0 Å². The lowest BCUT2D eigenvalue weighted by Crippen LogP contribution is -2.44. The third-order valence-corrected chi connectivity index (χ3v) is 8.50. The van der Waals surface area contributed by atoms with Gasteiger partial charge in [-0.2, -0.15) is 0 Å². The van der Waals surface area contributed by atoms with Crippen LogP contribution in [-0.4, -0.2) is 36.9 Å². The molecular weight excluding hydrogens is 410 g/mol. The molecule has 146 valence electrons. The van der Waals surface area contributed by atoms with E-state index in [4.69, 9.17) is 11.6 Å². The molecule has 1 aromatic carbocycles. The van der Waals surface area contributed by atoms with Crippen LogP contribution in [0.2, 0.25) is 0 Å². The highest BCUT2D eigenvalue weighted by Gasteiger charge is 2.55. The average Bonchev–Trinajstić information content (AvgIpc) is 3.17. The van der Waals surface area contributed by atoms with E-state index >= 15 is 0 Å². The summed E-state index contributed by atoms with van der Waals surface area (Å²) in [4.78, 5) is 35.4. The number of amides is 1. The SMILES string of the molecule is Cc1ccc(S(=O)(=O)NC(=O)C2C(C=O)C3CC(SCC(=O)Cl)C2C3)cc1. The van der Waals surface area contributed by atoms with Crippen LogP contribution in [0.15, 0.2) is 29.2 Å². The second kappa shape index (κ2) is 7.93. The predicted molar refractivity (Wildman–Crippen MR) is 103 cm³/mol. The number of aryl methyl sites for hydroxylation is 1.